The molecule has 0 saturated carbocycles. The number of alkyl halides is 3. The summed E-state index contributed by atoms with van der Waals surface area (Å²) in [5.41, 5.74) is 0.610. The first kappa shape index (κ1) is 25.8. The lowest BCUT2D eigenvalue weighted by molar-refractivity contribution is -0.141. The molecule has 1 saturated heterocycles. The highest BCUT2D eigenvalue weighted by Gasteiger charge is 2.41. The summed E-state index contributed by atoms with van der Waals surface area (Å²) in [4.78, 5) is 20.6. The second kappa shape index (κ2) is 9.80. The Balaban J connectivity index is 1.28. The maximum absolute atomic E-state index is 13.5. The van der Waals surface area contributed by atoms with Crippen LogP contribution >= 0.6 is 0 Å². The van der Waals surface area contributed by atoms with Crippen molar-refractivity contribution < 1.29 is 35.2 Å². The summed E-state index contributed by atoms with van der Waals surface area (Å²) in [5, 5.41) is 2.60. The Kier molecular flexibility index (Phi) is 6.65. The molecule has 5 rings (SSSR count). The van der Waals surface area contributed by atoms with Crippen LogP contribution < -0.4 is 5.32 Å². The van der Waals surface area contributed by atoms with Crippen LogP contribution in [0.25, 0.3) is 22.1 Å². The molecule has 1 aliphatic rings. The van der Waals surface area contributed by atoms with Crippen LogP contribution in [0, 0.1) is 5.82 Å². The number of sulfonamides is 1. The smallest absolute Gasteiger partial charge is 0.433 e. The first-order valence-corrected chi connectivity index (χ1v) is 12.9. The van der Waals surface area contributed by atoms with E-state index in [1.165, 1.54) is 24.4 Å². The number of nitrogens with zero attached hydrogens (tertiary/aromatic N) is 3. The van der Waals surface area contributed by atoms with Gasteiger partial charge in [-0.1, -0.05) is 6.07 Å². The minimum Gasteiger partial charge on any atom is -0.443 e. The third-order valence-corrected chi connectivity index (χ3v) is 7.94. The van der Waals surface area contributed by atoms with E-state index in [0.717, 1.165) is 28.7 Å². The number of nitrogens with one attached hydrogen (secondary N) is 1. The van der Waals surface area contributed by atoms with Gasteiger partial charge in [-0.05, 0) is 54.8 Å². The van der Waals surface area contributed by atoms with Crippen molar-refractivity contribution in [1.82, 2.24) is 19.6 Å². The molecule has 13 heteroatoms. The maximum Gasteiger partial charge on any atom is 0.433 e. The minimum absolute atomic E-state index is 0.0327. The number of rotatable bonds is 6. The van der Waals surface area contributed by atoms with E-state index < -0.39 is 39.7 Å². The SMILES string of the molecule is O=C(NCc1cc(-c2ccc(C(F)(F)F)nc2)ccn1)[C@@H]1CCCN1S(=O)(=O)c1cc2cc(F)ccc2o1. The molecule has 1 fully saturated rings. The predicted octanol–water partition coefficient (Wildman–Crippen LogP) is 4.52. The van der Waals surface area contributed by atoms with E-state index in [9.17, 15) is 30.8 Å². The Labute approximate surface area is 214 Å². The zero-order valence-corrected chi connectivity index (χ0v) is 20.4. The van der Waals surface area contributed by atoms with Crippen LogP contribution in [-0.4, -0.2) is 41.2 Å². The van der Waals surface area contributed by atoms with Crippen molar-refractivity contribution in [2.45, 2.75) is 36.7 Å². The number of pyridine rings is 2. The number of hydrogen-bond donors (Lipinski definition) is 1. The van der Waals surface area contributed by atoms with E-state index in [1.54, 1.807) is 12.1 Å². The number of fused-ring (bicyclic) bond motifs is 1. The van der Waals surface area contributed by atoms with E-state index in [4.69, 9.17) is 4.42 Å². The Morgan fingerprint density at radius 2 is 1.89 bits per heavy atom. The van der Waals surface area contributed by atoms with Gasteiger partial charge in [0.2, 0.25) is 11.0 Å². The number of aromatic nitrogens is 2. The molecule has 1 aromatic carbocycles. The van der Waals surface area contributed by atoms with Crippen LogP contribution in [0.1, 0.15) is 24.2 Å². The summed E-state index contributed by atoms with van der Waals surface area (Å²) >= 11 is 0. The molecule has 3 aromatic heterocycles. The van der Waals surface area contributed by atoms with Gasteiger partial charge in [0.1, 0.15) is 23.1 Å². The van der Waals surface area contributed by atoms with Gasteiger partial charge >= 0.3 is 6.18 Å². The Bertz CT molecular complexity index is 1600. The van der Waals surface area contributed by atoms with Crippen LogP contribution in [-0.2, 0) is 27.5 Å². The quantitative estimate of drug-likeness (QED) is 0.356. The van der Waals surface area contributed by atoms with E-state index in [1.807, 2.05) is 0 Å². The summed E-state index contributed by atoms with van der Waals surface area (Å²) in [6, 6.07) is 9.27. The molecule has 198 valence electrons. The van der Waals surface area contributed by atoms with Crippen molar-refractivity contribution in [3.05, 3.63) is 78.1 Å². The minimum atomic E-state index is -4.55. The molecule has 4 heterocycles. The van der Waals surface area contributed by atoms with Gasteiger partial charge in [-0.15, -0.1) is 0 Å². The lowest BCUT2D eigenvalue weighted by Gasteiger charge is -2.22. The van der Waals surface area contributed by atoms with Gasteiger partial charge in [0, 0.05) is 36.0 Å². The first-order valence-electron chi connectivity index (χ1n) is 11.5. The Morgan fingerprint density at radius 3 is 2.63 bits per heavy atom. The van der Waals surface area contributed by atoms with Crippen LogP contribution in [0.4, 0.5) is 17.6 Å². The molecular formula is C25H20F4N4O4S. The third kappa shape index (κ3) is 5.11. The molecule has 8 nitrogen and oxygen atoms in total. The fraction of sp³-hybridized carbons (Fsp3) is 0.240. The highest BCUT2D eigenvalue weighted by molar-refractivity contribution is 7.89. The molecule has 1 N–H and O–H groups in total. The Hall–Kier alpha value is -3.84. The van der Waals surface area contributed by atoms with Gasteiger partial charge in [-0.25, -0.2) is 12.8 Å². The largest absolute Gasteiger partial charge is 0.443 e. The normalized spacial score (nSPS) is 16.7. The summed E-state index contributed by atoms with van der Waals surface area (Å²) in [5.74, 6) is -1.07. The van der Waals surface area contributed by atoms with Crippen molar-refractivity contribution in [1.29, 1.82) is 0 Å². The standard InChI is InChI=1S/C25H20F4N4O4S/c26-18-4-5-21-17(10-18)12-23(37-21)38(35,36)33-9-1-2-20(33)24(34)32-14-19-11-15(7-8-30-19)16-3-6-22(31-13-16)25(27,28)29/h3-8,10-13,20H,1-2,9,14H2,(H,32,34)/t20-/m0/s1. The number of amides is 1. The second-order valence-corrected chi connectivity index (χ2v) is 10.5. The van der Waals surface area contributed by atoms with Gasteiger partial charge < -0.3 is 9.73 Å². The van der Waals surface area contributed by atoms with E-state index in [2.05, 4.69) is 15.3 Å². The molecule has 0 unspecified atom stereocenters. The molecule has 4 aromatic rings. The van der Waals surface area contributed by atoms with E-state index >= 15 is 0 Å². The number of carbonyl (C=O) groups excluding carboxylic acids is 1. The van der Waals surface area contributed by atoms with Gasteiger partial charge in [-0.2, -0.15) is 17.5 Å². The average Bonchev–Trinajstić information content (AvgIpc) is 3.55. The van der Waals surface area contributed by atoms with Crippen LogP contribution in [0.2, 0.25) is 0 Å². The summed E-state index contributed by atoms with van der Waals surface area (Å²) in [6.07, 6.45) is -1.24. The number of halogens is 4. The summed E-state index contributed by atoms with van der Waals surface area (Å²) < 4.78 is 84.8. The molecule has 1 amide bonds. The van der Waals surface area contributed by atoms with Crippen molar-refractivity contribution in [2.24, 2.45) is 0 Å². The molecule has 1 aliphatic heterocycles. The summed E-state index contributed by atoms with van der Waals surface area (Å²) in [7, 11) is -4.17. The highest BCUT2D eigenvalue weighted by Crippen LogP contribution is 2.31. The predicted molar refractivity (Wildman–Crippen MR) is 127 cm³/mol. The topological polar surface area (TPSA) is 105 Å². The van der Waals surface area contributed by atoms with E-state index in [0.29, 0.717) is 29.7 Å². The van der Waals surface area contributed by atoms with Crippen molar-refractivity contribution in [3.63, 3.8) is 0 Å². The van der Waals surface area contributed by atoms with Crippen molar-refractivity contribution in [3.8, 4) is 11.1 Å². The first-order chi connectivity index (χ1) is 18.0. The zero-order valence-electron chi connectivity index (χ0n) is 19.6. The van der Waals surface area contributed by atoms with Gasteiger partial charge in [0.25, 0.3) is 10.0 Å². The third-order valence-electron chi connectivity index (χ3n) is 6.17. The summed E-state index contributed by atoms with van der Waals surface area (Å²) in [6.45, 7) is 0.0789. The lowest BCUT2D eigenvalue weighted by atomic mass is 10.1. The highest BCUT2D eigenvalue weighted by atomic mass is 32.2. The second-order valence-electron chi connectivity index (χ2n) is 8.70. The van der Waals surface area contributed by atoms with Crippen molar-refractivity contribution >= 4 is 26.9 Å². The van der Waals surface area contributed by atoms with Crippen LogP contribution in [0.15, 0.2) is 70.4 Å². The lowest BCUT2D eigenvalue weighted by Crippen LogP contribution is -2.45. The number of benzene rings is 1. The van der Waals surface area contributed by atoms with Gasteiger partial charge in [-0.3, -0.25) is 14.8 Å². The van der Waals surface area contributed by atoms with E-state index in [-0.39, 0.29) is 29.2 Å². The zero-order chi connectivity index (χ0) is 27.1. The molecule has 0 spiro atoms. The molecule has 1 atom stereocenters. The molecule has 0 aliphatic carbocycles. The fourth-order valence-electron chi connectivity index (χ4n) is 4.30. The fourth-order valence-corrected chi connectivity index (χ4v) is 5.91. The average molecular weight is 549 g/mol. The Morgan fingerprint density at radius 1 is 1.08 bits per heavy atom. The van der Waals surface area contributed by atoms with Gasteiger partial charge in [0.05, 0.1) is 12.2 Å². The van der Waals surface area contributed by atoms with Crippen molar-refractivity contribution in [2.75, 3.05) is 6.54 Å². The monoisotopic (exact) mass is 548 g/mol. The molecular weight excluding hydrogens is 528 g/mol. The van der Waals surface area contributed by atoms with Crippen LogP contribution in [0.5, 0.6) is 0 Å². The molecule has 38 heavy (non-hydrogen) atoms. The molecule has 0 radical (unpaired) electrons. The van der Waals surface area contributed by atoms with Crippen LogP contribution in [0.3, 0.4) is 0 Å². The van der Waals surface area contributed by atoms with Gasteiger partial charge in [0.15, 0.2) is 0 Å². The number of hydrogen-bond acceptors (Lipinski definition) is 6. The molecule has 0 bridgehead atoms. The maximum atomic E-state index is 13.5. The number of furan rings is 1. The number of carbonyl (C=O) groups is 1.